The lowest BCUT2D eigenvalue weighted by molar-refractivity contribution is 0.0302. The molecule has 0 radical (unpaired) electrons. The first kappa shape index (κ1) is 27.1. The summed E-state index contributed by atoms with van der Waals surface area (Å²) in [7, 11) is -1.54. The van der Waals surface area contributed by atoms with Gasteiger partial charge in [0.05, 0.1) is 27.4 Å². The topological polar surface area (TPSA) is 123 Å². The summed E-state index contributed by atoms with van der Waals surface area (Å²) in [6, 6.07) is 9.89. The fourth-order valence-corrected chi connectivity index (χ4v) is 7.78. The van der Waals surface area contributed by atoms with Crippen molar-refractivity contribution in [3.63, 3.8) is 0 Å². The highest BCUT2D eigenvalue weighted by molar-refractivity contribution is 7.93. The molecule has 1 spiro atoms. The number of carbonyl (C=O) groups excluding carboxylic acids is 1. The first-order valence-corrected chi connectivity index (χ1v) is 15.8. The third-order valence-corrected chi connectivity index (χ3v) is 10.5. The van der Waals surface area contributed by atoms with Crippen LogP contribution in [0.25, 0.3) is 11.3 Å². The number of fused-ring (bicyclic) bond motifs is 4. The summed E-state index contributed by atoms with van der Waals surface area (Å²) in [5, 5.41) is 4.21. The highest BCUT2D eigenvalue weighted by Crippen LogP contribution is 2.59. The van der Waals surface area contributed by atoms with Gasteiger partial charge in [0.2, 0.25) is 0 Å². The van der Waals surface area contributed by atoms with E-state index in [0.717, 1.165) is 42.6 Å². The monoisotopic (exact) mass is 594 g/mol. The second kappa shape index (κ2) is 9.91. The number of hydrogen-bond donors (Lipinski definition) is 1. The van der Waals surface area contributed by atoms with E-state index in [2.05, 4.69) is 39.9 Å². The Morgan fingerprint density at radius 2 is 1.79 bits per heavy atom. The molecule has 3 aromatic rings. The van der Waals surface area contributed by atoms with Crippen LogP contribution >= 0.6 is 0 Å². The van der Waals surface area contributed by atoms with E-state index >= 15 is 0 Å². The number of nitrogens with one attached hydrogen (secondary N) is 1. The van der Waals surface area contributed by atoms with E-state index in [1.807, 2.05) is 0 Å². The van der Waals surface area contributed by atoms with Gasteiger partial charge in [-0.3, -0.25) is 9.52 Å². The molecule has 2 saturated heterocycles. The van der Waals surface area contributed by atoms with Crippen LogP contribution in [0.4, 0.5) is 11.5 Å². The maximum atomic E-state index is 13.9. The zero-order valence-electron chi connectivity index (χ0n) is 23.9. The predicted molar refractivity (Wildman–Crippen MR) is 155 cm³/mol. The molecule has 1 atom stereocenters. The molecule has 1 amide bonds. The van der Waals surface area contributed by atoms with Gasteiger partial charge >= 0.3 is 0 Å². The minimum Gasteiger partial charge on any atom is -0.495 e. The number of sulfonamides is 1. The third-order valence-electron chi connectivity index (χ3n) is 9.13. The summed E-state index contributed by atoms with van der Waals surface area (Å²) in [6.07, 6.45) is 3.85. The van der Waals surface area contributed by atoms with Gasteiger partial charge in [0.1, 0.15) is 11.5 Å². The molecule has 1 N–H and O–H groups in total. The number of hydrogen-bond acceptors (Lipinski definition) is 9. The van der Waals surface area contributed by atoms with Crippen molar-refractivity contribution in [2.45, 2.75) is 49.0 Å². The molecule has 2 aromatic carbocycles. The number of amides is 1. The van der Waals surface area contributed by atoms with Gasteiger partial charge in [-0.05, 0) is 62.4 Å². The number of ether oxygens (including phenoxy) is 3. The number of rotatable bonds is 7. The number of nitrogens with zero attached hydrogens (tertiary/aromatic N) is 3. The normalized spacial score (nSPS) is 20.4. The molecular formula is C30H34N4O7S. The van der Waals surface area contributed by atoms with Crippen LogP contribution in [0.1, 0.15) is 47.7 Å². The van der Waals surface area contributed by atoms with Crippen LogP contribution in [0.15, 0.2) is 39.8 Å². The minimum atomic E-state index is -4.26. The van der Waals surface area contributed by atoms with Crippen molar-refractivity contribution in [3.05, 3.63) is 47.0 Å². The molecule has 11 nitrogen and oxygen atoms in total. The molecule has 2 aliphatic carbocycles. The number of methoxy groups -OCH3 is 2. The quantitative estimate of drug-likeness (QED) is 0.435. The molecule has 4 aliphatic rings. The van der Waals surface area contributed by atoms with Crippen molar-refractivity contribution in [1.82, 2.24) is 10.1 Å². The van der Waals surface area contributed by atoms with Crippen molar-refractivity contribution >= 4 is 27.4 Å². The number of benzene rings is 2. The van der Waals surface area contributed by atoms with Gasteiger partial charge in [-0.25, -0.2) is 8.42 Å². The zero-order chi connectivity index (χ0) is 29.2. The van der Waals surface area contributed by atoms with Crippen LogP contribution in [0.2, 0.25) is 0 Å². The Morgan fingerprint density at radius 1 is 1.07 bits per heavy atom. The third kappa shape index (κ3) is 4.30. The number of aromatic nitrogens is 1. The average molecular weight is 595 g/mol. The van der Waals surface area contributed by atoms with Crippen molar-refractivity contribution in [2.75, 3.05) is 56.7 Å². The van der Waals surface area contributed by atoms with Crippen molar-refractivity contribution in [1.29, 1.82) is 0 Å². The van der Waals surface area contributed by atoms with E-state index in [0.29, 0.717) is 44.5 Å². The van der Waals surface area contributed by atoms with Crippen LogP contribution in [-0.2, 0) is 26.6 Å². The maximum absolute atomic E-state index is 13.9. The summed E-state index contributed by atoms with van der Waals surface area (Å²) >= 11 is 0. The molecule has 1 saturated carbocycles. The predicted octanol–water partition coefficient (Wildman–Crippen LogP) is 3.82. The number of anilines is 2. The molecule has 12 heteroatoms. The van der Waals surface area contributed by atoms with Gasteiger partial charge in [-0.15, -0.1) is 0 Å². The van der Waals surface area contributed by atoms with E-state index in [4.69, 9.17) is 18.7 Å². The molecule has 42 heavy (non-hydrogen) atoms. The van der Waals surface area contributed by atoms with Gasteiger partial charge in [0, 0.05) is 53.5 Å². The van der Waals surface area contributed by atoms with Crippen LogP contribution < -0.4 is 19.1 Å². The van der Waals surface area contributed by atoms with Crippen LogP contribution in [0.3, 0.4) is 0 Å². The van der Waals surface area contributed by atoms with Crippen LogP contribution in [0, 0.1) is 0 Å². The summed E-state index contributed by atoms with van der Waals surface area (Å²) in [5.41, 5.74) is 4.32. The summed E-state index contributed by atoms with van der Waals surface area (Å²) in [4.78, 5) is 17.0. The van der Waals surface area contributed by atoms with E-state index in [1.165, 1.54) is 31.9 Å². The Hall–Kier alpha value is -3.77. The second-order valence-electron chi connectivity index (χ2n) is 11.6. The lowest BCUT2D eigenvalue weighted by Gasteiger charge is -2.41. The molecule has 0 bridgehead atoms. The molecule has 2 aliphatic heterocycles. The SMILES string of the molecule is COc1cc(C(=O)N2CCOCC2)cc(OC)c1S(=O)(=O)Nc1noc2c1CC1(CC1)c1ccc(N3CCC3C)cc1-2. The van der Waals surface area contributed by atoms with Gasteiger partial charge in [0.15, 0.2) is 16.5 Å². The second-order valence-corrected chi connectivity index (χ2v) is 13.2. The van der Waals surface area contributed by atoms with Crippen molar-refractivity contribution < 1.29 is 31.9 Å². The first-order chi connectivity index (χ1) is 20.2. The lowest BCUT2D eigenvalue weighted by atomic mass is 9.79. The van der Waals surface area contributed by atoms with Crippen molar-refractivity contribution in [3.8, 4) is 22.8 Å². The summed E-state index contributed by atoms with van der Waals surface area (Å²) in [5.74, 6) is 0.488. The standard InChI is InChI=1S/C30H34N4O7S/c1-18-6-9-34(18)20-4-5-23-21(16-20)26-22(17-30(23)7-8-30)28(31-41-26)32-42(36,37)27-24(38-2)14-19(15-25(27)39-3)29(35)33-10-12-40-13-11-33/h4-5,14-16,18H,6-13,17H2,1-3H3,(H,31,32). The Morgan fingerprint density at radius 3 is 2.38 bits per heavy atom. The van der Waals surface area contributed by atoms with Gasteiger partial charge in [-0.1, -0.05) is 11.2 Å². The van der Waals surface area contributed by atoms with Gasteiger partial charge in [-0.2, -0.15) is 0 Å². The fraction of sp³-hybridized carbons (Fsp3) is 0.467. The first-order valence-electron chi connectivity index (χ1n) is 14.3. The highest BCUT2D eigenvalue weighted by Gasteiger charge is 2.51. The summed E-state index contributed by atoms with van der Waals surface area (Å²) in [6.45, 7) is 5.02. The molecule has 3 fully saturated rings. The van der Waals surface area contributed by atoms with Crippen LogP contribution in [0.5, 0.6) is 11.5 Å². The number of morpholine rings is 1. The lowest BCUT2D eigenvalue weighted by Crippen LogP contribution is -2.45. The Kier molecular flexibility index (Phi) is 6.39. The smallest absolute Gasteiger partial charge is 0.270 e. The highest BCUT2D eigenvalue weighted by atomic mass is 32.2. The molecule has 1 aromatic heterocycles. The Labute approximate surface area is 244 Å². The van der Waals surface area contributed by atoms with Crippen molar-refractivity contribution in [2.24, 2.45) is 0 Å². The minimum absolute atomic E-state index is 0.00635. The van der Waals surface area contributed by atoms with E-state index in [-0.39, 0.29) is 39.1 Å². The Balaban J connectivity index is 1.24. The van der Waals surface area contributed by atoms with E-state index in [1.54, 1.807) is 4.90 Å². The molecule has 7 rings (SSSR count). The zero-order valence-corrected chi connectivity index (χ0v) is 24.8. The summed E-state index contributed by atoms with van der Waals surface area (Å²) < 4.78 is 52.6. The van der Waals surface area contributed by atoms with E-state index in [9.17, 15) is 13.2 Å². The van der Waals surface area contributed by atoms with Gasteiger partial charge < -0.3 is 28.5 Å². The van der Waals surface area contributed by atoms with Crippen LogP contribution in [-0.4, -0.2) is 77.5 Å². The fourth-order valence-electron chi connectivity index (χ4n) is 6.45. The number of carbonyl (C=O) groups is 1. The van der Waals surface area contributed by atoms with Gasteiger partial charge in [0.25, 0.3) is 15.9 Å². The maximum Gasteiger partial charge on any atom is 0.270 e. The average Bonchev–Trinajstić information content (AvgIpc) is 3.67. The molecule has 3 heterocycles. The molecular weight excluding hydrogens is 560 g/mol. The molecule has 222 valence electrons. The molecule has 1 unspecified atom stereocenters. The largest absolute Gasteiger partial charge is 0.495 e. The Bertz CT molecular complexity index is 1650. The van der Waals surface area contributed by atoms with E-state index < -0.39 is 10.0 Å².